The predicted octanol–water partition coefficient (Wildman–Crippen LogP) is 5.54. The number of amides is 2. The van der Waals surface area contributed by atoms with Crippen molar-refractivity contribution in [1.82, 2.24) is 0 Å². The van der Waals surface area contributed by atoms with E-state index in [2.05, 4.69) is 10.6 Å². The highest BCUT2D eigenvalue weighted by atomic mass is 35.5. The Labute approximate surface area is 181 Å². The molecule has 5 nitrogen and oxygen atoms in total. The molecular formula is C24H23ClN2O3. The van der Waals surface area contributed by atoms with Crippen LogP contribution < -0.4 is 15.4 Å². The number of hydrogen-bond acceptors (Lipinski definition) is 3. The molecule has 0 fully saturated rings. The highest BCUT2D eigenvalue weighted by Crippen LogP contribution is 2.20. The first-order valence-corrected chi connectivity index (χ1v) is 9.87. The van der Waals surface area contributed by atoms with Gasteiger partial charge in [0.1, 0.15) is 5.75 Å². The molecule has 3 aromatic carbocycles. The molecule has 6 heteroatoms. The third-order valence-corrected chi connectivity index (χ3v) is 4.81. The van der Waals surface area contributed by atoms with Crippen LogP contribution >= 0.6 is 11.6 Å². The van der Waals surface area contributed by atoms with Crippen LogP contribution in [0.15, 0.2) is 60.7 Å². The lowest BCUT2D eigenvalue weighted by atomic mass is 10.1. The molecular weight excluding hydrogens is 400 g/mol. The van der Waals surface area contributed by atoms with Gasteiger partial charge in [0.2, 0.25) is 0 Å². The van der Waals surface area contributed by atoms with Gasteiger partial charge in [-0.3, -0.25) is 9.59 Å². The van der Waals surface area contributed by atoms with E-state index in [9.17, 15) is 9.59 Å². The van der Waals surface area contributed by atoms with Gasteiger partial charge in [-0.15, -0.1) is 0 Å². The summed E-state index contributed by atoms with van der Waals surface area (Å²) in [7, 11) is 0. The Morgan fingerprint density at radius 3 is 2.13 bits per heavy atom. The average molecular weight is 423 g/mol. The van der Waals surface area contributed by atoms with Crippen molar-refractivity contribution < 1.29 is 14.3 Å². The standard InChI is InChI=1S/C24H23ClN2O3/c1-15-4-10-22(16(2)12-15)27-24(29)18-5-8-20(9-6-18)30-14-23(28)26-21-11-7-19(25)13-17(21)3/h4-13H,14H2,1-3H3,(H,26,28)(H,27,29). The van der Waals surface area contributed by atoms with Crippen LogP contribution in [0, 0.1) is 20.8 Å². The number of nitrogens with one attached hydrogen (secondary N) is 2. The van der Waals surface area contributed by atoms with Crippen LogP contribution in [0.1, 0.15) is 27.0 Å². The van der Waals surface area contributed by atoms with Crippen molar-refractivity contribution in [3.05, 3.63) is 87.9 Å². The summed E-state index contributed by atoms with van der Waals surface area (Å²) in [5, 5.41) is 6.31. The number of benzene rings is 3. The molecule has 0 aliphatic rings. The zero-order valence-corrected chi connectivity index (χ0v) is 17.8. The van der Waals surface area contributed by atoms with Gasteiger partial charge in [-0.1, -0.05) is 29.3 Å². The highest BCUT2D eigenvalue weighted by molar-refractivity contribution is 6.30. The second kappa shape index (κ2) is 9.46. The summed E-state index contributed by atoms with van der Waals surface area (Å²) in [6, 6.07) is 17.8. The maximum absolute atomic E-state index is 12.5. The quantitative estimate of drug-likeness (QED) is 0.548. The van der Waals surface area contributed by atoms with Gasteiger partial charge in [-0.25, -0.2) is 0 Å². The Morgan fingerprint density at radius 1 is 0.833 bits per heavy atom. The minimum Gasteiger partial charge on any atom is -0.484 e. The Kier molecular flexibility index (Phi) is 6.75. The van der Waals surface area contributed by atoms with Gasteiger partial charge in [-0.05, 0) is 80.4 Å². The van der Waals surface area contributed by atoms with Gasteiger partial charge in [-0.2, -0.15) is 0 Å². The summed E-state index contributed by atoms with van der Waals surface area (Å²) in [5.41, 5.74) is 4.98. The summed E-state index contributed by atoms with van der Waals surface area (Å²) in [6.07, 6.45) is 0. The maximum atomic E-state index is 12.5. The van der Waals surface area contributed by atoms with E-state index in [0.29, 0.717) is 22.0 Å². The number of carbonyl (C=O) groups is 2. The summed E-state index contributed by atoms with van der Waals surface area (Å²) in [6.45, 7) is 5.69. The fraction of sp³-hybridized carbons (Fsp3) is 0.167. The van der Waals surface area contributed by atoms with E-state index in [4.69, 9.17) is 16.3 Å². The number of rotatable bonds is 6. The summed E-state index contributed by atoms with van der Waals surface area (Å²) in [4.78, 5) is 24.6. The molecule has 30 heavy (non-hydrogen) atoms. The molecule has 3 rings (SSSR count). The summed E-state index contributed by atoms with van der Waals surface area (Å²) in [5.74, 6) is 0.0163. The average Bonchev–Trinajstić information content (AvgIpc) is 2.71. The number of hydrogen-bond donors (Lipinski definition) is 2. The highest BCUT2D eigenvalue weighted by Gasteiger charge is 2.10. The number of aryl methyl sites for hydroxylation is 3. The molecule has 0 bridgehead atoms. The topological polar surface area (TPSA) is 67.4 Å². The second-order valence-electron chi connectivity index (χ2n) is 7.09. The van der Waals surface area contributed by atoms with E-state index in [1.54, 1.807) is 42.5 Å². The van der Waals surface area contributed by atoms with Crippen LogP contribution in [0.3, 0.4) is 0 Å². The van der Waals surface area contributed by atoms with Gasteiger partial charge in [0.05, 0.1) is 0 Å². The maximum Gasteiger partial charge on any atom is 0.262 e. The van der Waals surface area contributed by atoms with Gasteiger partial charge < -0.3 is 15.4 Å². The van der Waals surface area contributed by atoms with E-state index in [-0.39, 0.29) is 18.4 Å². The molecule has 0 saturated carbocycles. The second-order valence-corrected chi connectivity index (χ2v) is 7.53. The molecule has 0 saturated heterocycles. The van der Waals surface area contributed by atoms with Crippen molar-refractivity contribution in [3.8, 4) is 5.75 Å². The zero-order chi connectivity index (χ0) is 21.7. The SMILES string of the molecule is Cc1ccc(NC(=O)c2ccc(OCC(=O)Nc3ccc(Cl)cc3C)cc2)c(C)c1. The van der Waals surface area contributed by atoms with Crippen LogP contribution in [0.25, 0.3) is 0 Å². The Hall–Kier alpha value is -3.31. The first-order valence-electron chi connectivity index (χ1n) is 9.49. The van der Waals surface area contributed by atoms with E-state index >= 15 is 0 Å². The van der Waals surface area contributed by atoms with Crippen molar-refractivity contribution >= 4 is 34.8 Å². The lowest BCUT2D eigenvalue weighted by molar-refractivity contribution is -0.118. The van der Waals surface area contributed by atoms with E-state index < -0.39 is 0 Å². The molecule has 0 aliphatic heterocycles. The first-order chi connectivity index (χ1) is 14.3. The van der Waals surface area contributed by atoms with Crippen molar-refractivity contribution in [2.24, 2.45) is 0 Å². The summed E-state index contributed by atoms with van der Waals surface area (Å²) < 4.78 is 5.52. The smallest absolute Gasteiger partial charge is 0.262 e. The van der Waals surface area contributed by atoms with Crippen LogP contribution in [0.2, 0.25) is 5.02 Å². The van der Waals surface area contributed by atoms with Gasteiger partial charge in [0, 0.05) is 22.0 Å². The van der Waals surface area contributed by atoms with Crippen LogP contribution in [-0.4, -0.2) is 18.4 Å². The molecule has 2 N–H and O–H groups in total. The predicted molar refractivity (Wildman–Crippen MR) is 121 cm³/mol. The third-order valence-electron chi connectivity index (χ3n) is 4.58. The monoisotopic (exact) mass is 422 g/mol. The van der Waals surface area contributed by atoms with Gasteiger partial charge in [0.15, 0.2) is 6.61 Å². The fourth-order valence-corrected chi connectivity index (χ4v) is 3.18. The zero-order valence-electron chi connectivity index (χ0n) is 17.1. The Bertz CT molecular complexity index is 1080. The van der Waals surface area contributed by atoms with Crippen LogP contribution in [0.5, 0.6) is 5.75 Å². The summed E-state index contributed by atoms with van der Waals surface area (Å²) >= 11 is 5.92. The van der Waals surface area contributed by atoms with Crippen LogP contribution in [0.4, 0.5) is 11.4 Å². The Morgan fingerprint density at radius 2 is 1.47 bits per heavy atom. The lowest BCUT2D eigenvalue weighted by Crippen LogP contribution is -2.20. The van der Waals surface area contributed by atoms with Crippen molar-refractivity contribution in [2.45, 2.75) is 20.8 Å². The third kappa shape index (κ3) is 5.61. The van der Waals surface area contributed by atoms with E-state index in [0.717, 1.165) is 22.4 Å². The number of carbonyl (C=O) groups excluding carboxylic acids is 2. The van der Waals surface area contributed by atoms with Gasteiger partial charge in [0.25, 0.3) is 11.8 Å². The normalized spacial score (nSPS) is 10.4. The fourth-order valence-electron chi connectivity index (χ4n) is 2.95. The largest absolute Gasteiger partial charge is 0.484 e. The van der Waals surface area contributed by atoms with Crippen molar-refractivity contribution in [2.75, 3.05) is 17.2 Å². The van der Waals surface area contributed by atoms with E-state index in [1.165, 1.54) is 0 Å². The first kappa shape index (κ1) is 21.4. The molecule has 0 aromatic heterocycles. The molecule has 0 atom stereocenters. The lowest BCUT2D eigenvalue weighted by Gasteiger charge is -2.11. The minimum atomic E-state index is -0.280. The Balaban J connectivity index is 1.55. The van der Waals surface area contributed by atoms with E-state index in [1.807, 2.05) is 39.0 Å². The molecule has 0 radical (unpaired) electrons. The van der Waals surface area contributed by atoms with Crippen molar-refractivity contribution in [1.29, 1.82) is 0 Å². The van der Waals surface area contributed by atoms with Gasteiger partial charge >= 0.3 is 0 Å². The molecule has 0 aliphatic carbocycles. The number of halogens is 1. The molecule has 154 valence electrons. The molecule has 0 heterocycles. The molecule has 3 aromatic rings. The molecule has 0 unspecified atom stereocenters. The number of anilines is 2. The molecule has 2 amide bonds. The van der Waals surface area contributed by atoms with Crippen LogP contribution in [-0.2, 0) is 4.79 Å². The number of ether oxygens (including phenoxy) is 1. The minimum absolute atomic E-state index is 0.143. The molecule has 0 spiro atoms. The van der Waals surface area contributed by atoms with Crippen molar-refractivity contribution in [3.63, 3.8) is 0 Å².